The maximum atomic E-state index is 12.4. The van der Waals surface area contributed by atoms with Gasteiger partial charge in [-0.1, -0.05) is 56.8 Å². The zero-order valence-electron chi connectivity index (χ0n) is 19.0. The molecule has 0 aliphatic carbocycles. The second-order valence-electron chi connectivity index (χ2n) is 7.98. The van der Waals surface area contributed by atoms with Gasteiger partial charge in [-0.15, -0.1) is 22.0 Å². The van der Waals surface area contributed by atoms with Gasteiger partial charge in [0.1, 0.15) is 0 Å². The number of ether oxygens (including phenoxy) is 2. The van der Waals surface area contributed by atoms with Crippen LogP contribution < -0.4 is 5.84 Å². The largest absolute Gasteiger partial charge is 0.383 e. The van der Waals surface area contributed by atoms with E-state index in [0.29, 0.717) is 48.1 Å². The smallest absolute Gasteiger partial charge is 0.232 e. The summed E-state index contributed by atoms with van der Waals surface area (Å²) in [5, 5.41) is 9.71. The summed E-state index contributed by atoms with van der Waals surface area (Å²) < 4.78 is 11.7. The van der Waals surface area contributed by atoms with Gasteiger partial charge in [-0.25, -0.2) is 4.68 Å². The molecule has 0 saturated carbocycles. The van der Waals surface area contributed by atoms with Crippen molar-refractivity contribution in [3.63, 3.8) is 0 Å². The summed E-state index contributed by atoms with van der Waals surface area (Å²) in [6.45, 7) is 8.66. The Morgan fingerprint density at radius 1 is 1.10 bits per heavy atom. The van der Waals surface area contributed by atoms with Gasteiger partial charge in [0.05, 0.1) is 19.0 Å². The van der Waals surface area contributed by atoms with Crippen molar-refractivity contribution >= 4 is 29.4 Å². The van der Waals surface area contributed by atoms with Gasteiger partial charge in [0.15, 0.2) is 5.82 Å². The number of hydrogen-bond acceptors (Lipinski definition) is 8. The fourth-order valence-electron chi connectivity index (χ4n) is 2.77. The molecule has 0 fully saturated rings. The van der Waals surface area contributed by atoms with Crippen molar-refractivity contribution in [3.8, 4) is 11.4 Å². The van der Waals surface area contributed by atoms with Crippen LogP contribution in [-0.2, 0) is 19.7 Å². The van der Waals surface area contributed by atoms with E-state index in [1.165, 1.54) is 33.8 Å². The number of benzene rings is 1. The molecule has 2 N–H and O–H groups in total. The van der Waals surface area contributed by atoms with Crippen LogP contribution in [0.1, 0.15) is 26.3 Å². The fourth-order valence-corrected chi connectivity index (χ4v) is 4.54. The minimum Gasteiger partial charge on any atom is -0.383 e. The summed E-state index contributed by atoms with van der Waals surface area (Å²) in [6.07, 6.45) is 0. The van der Waals surface area contributed by atoms with Crippen molar-refractivity contribution < 1.29 is 14.3 Å². The Kier molecular flexibility index (Phi) is 10.1. The van der Waals surface area contributed by atoms with E-state index in [1.54, 1.807) is 19.1 Å². The van der Waals surface area contributed by atoms with Crippen LogP contribution in [0.15, 0.2) is 29.4 Å². The Bertz CT molecular complexity index is 813. The summed E-state index contributed by atoms with van der Waals surface area (Å²) in [6, 6.07) is 8.23. The molecule has 1 aromatic carbocycles. The van der Waals surface area contributed by atoms with E-state index < -0.39 is 0 Å². The standard InChI is InChI=1S/C21H33N5O3S2/c1-21(2,3)17-8-6-16(7-9-17)19-23-24-20(26(19)22)31-15-30-14-18(27)25(10-12-28-4)11-13-29-5/h6-9H,10-15,22H2,1-5H3. The van der Waals surface area contributed by atoms with Crippen LogP contribution in [0, 0.1) is 0 Å². The third kappa shape index (κ3) is 7.71. The number of nitrogen functional groups attached to an aromatic ring is 1. The number of hydrogen-bond donors (Lipinski definition) is 1. The van der Waals surface area contributed by atoms with Crippen LogP contribution in [0.5, 0.6) is 0 Å². The number of nitrogens with two attached hydrogens (primary N) is 1. The highest BCUT2D eigenvalue weighted by Crippen LogP contribution is 2.27. The first-order valence-electron chi connectivity index (χ1n) is 10.1. The van der Waals surface area contributed by atoms with Crippen LogP contribution in [-0.4, -0.2) is 77.0 Å². The minimum atomic E-state index is 0.0635. The predicted octanol–water partition coefficient (Wildman–Crippen LogP) is 2.86. The Balaban J connectivity index is 1.88. The molecule has 8 nitrogen and oxygen atoms in total. The Morgan fingerprint density at radius 3 is 2.26 bits per heavy atom. The van der Waals surface area contributed by atoms with Gasteiger partial charge in [0.2, 0.25) is 11.1 Å². The lowest BCUT2D eigenvalue weighted by molar-refractivity contribution is -0.129. The highest BCUT2D eigenvalue weighted by atomic mass is 32.2. The number of nitrogens with zero attached hydrogens (tertiary/aromatic N) is 4. The van der Waals surface area contributed by atoms with Gasteiger partial charge >= 0.3 is 0 Å². The normalized spacial score (nSPS) is 11.6. The molecule has 2 aromatic rings. The van der Waals surface area contributed by atoms with Gasteiger partial charge in [0, 0.05) is 38.0 Å². The highest BCUT2D eigenvalue weighted by molar-refractivity contribution is 8.16. The van der Waals surface area contributed by atoms with Crippen molar-refractivity contribution in [2.24, 2.45) is 0 Å². The molecular formula is C21H33N5O3S2. The van der Waals surface area contributed by atoms with Crippen LogP contribution in [0.3, 0.4) is 0 Å². The van der Waals surface area contributed by atoms with Crippen LogP contribution in [0.2, 0.25) is 0 Å². The monoisotopic (exact) mass is 467 g/mol. The van der Waals surface area contributed by atoms with E-state index in [0.717, 1.165) is 5.56 Å². The van der Waals surface area contributed by atoms with E-state index in [2.05, 4.69) is 43.1 Å². The van der Waals surface area contributed by atoms with Crippen molar-refractivity contribution in [2.45, 2.75) is 31.3 Å². The van der Waals surface area contributed by atoms with E-state index >= 15 is 0 Å². The molecule has 1 aromatic heterocycles. The molecule has 0 bridgehead atoms. The molecule has 31 heavy (non-hydrogen) atoms. The number of carbonyl (C=O) groups excluding carboxylic acids is 1. The molecule has 1 heterocycles. The summed E-state index contributed by atoms with van der Waals surface area (Å²) in [7, 11) is 3.25. The Labute approximate surface area is 193 Å². The lowest BCUT2D eigenvalue weighted by Crippen LogP contribution is -2.37. The van der Waals surface area contributed by atoms with Crippen molar-refractivity contribution in [2.75, 3.05) is 57.2 Å². The average Bonchev–Trinajstić information content (AvgIpc) is 3.11. The molecule has 0 spiro atoms. The molecule has 0 aliphatic heterocycles. The second kappa shape index (κ2) is 12.3. The molecule has 0 atom stereocenters. The zero-order chi connectivity index (χ0) is 22.9. The lowest BCUT2D eigenvalue weighted by Gasteiger charge is -2.21. The van der Waals surface area contributed by atoms with Crippen LogP contribution in [0.25, 0.3) is 11.4 Å². The Hall–Kier alpha value is -1.75. The number of carbonyl (C=O) groups is 1. The zero-order valence-corrected chi connectivity index (χ0v) is 20.6. The minimum absolute atomic E-state index is 0.0635. The number of rotatable bonds is 12. The first kappa shape index (κ1) is 25.5. The van der Waals surface area contributed by atoms with E-state index in [9.17, 15) is 4.79 Å². The SMILES string of the molecule is COCCN(CCOC)C(=O)CSCSc1nnc(-c2ccc(C(C)(C)C)cc2)n1N. The Morgan fingerprint density at radius 2 is 1.71 bits per heavy atom. The first-order valence-corrected chi connectivity index (χ1v) is 12.2. The van der Waals surface area contributed by atoms with E-state index in [1.807, 2.05) is 12.1 Å². The number of methoxy groups -OCH3 is 2. The molecule has 10 heteroatoms. The predicted molar refractivity (Wildman–Crippen MR) is 128 cm³/mol. The summed E-state index contributed by atoms with van der Waals surface area (Å²) in [4.78, 5) is 14.2. The van der Waals surface area contributed by atoms with Gasteiger partial charge in [-0.3, -0.25) is 4.79 Å². The summed E-state index contributed by atoms with van der Waals surface area (Å²) in [5.74, 6) is 7.28. The number of aromatic nitrogens is 3. The summed E-state index contributed by atoms with van der Waals surface area (Å²) >= 11 is 2.99. The van der Waals surface area contributed by atoms with Crippen molar-refractivity contribution in [1.29, 1.82) is 0 Å². The molecule has 0 saturated heterocycles. The van der Waals surface area contributed by atoms with E-state index in [4.69, 9.17) is 15.3 Å². The van der Waals surface area contributed by atoms with Gasteiger partial charge in [-0.2, -0.15) is 0 Å². The second-order valence-corrected chi connectivity index (χ2v) is 10.3. The van der Waals surface area contributed by atoms with Gasteiger partial charge < -0.3 is 20.2 Å². The topological polar surface area (TPSA) is 95.5 Å². The quantitative estimate of drug-likeness (QED) is 0.220. The number of thioether (sulfide) groups is 2. The third-order valence-corrected chi connectivity index (χ3v) is 6.78. The molecule has 1 amide bonds. The average molecular weight is 468 g/mol. The first-order chi connectivity index (χ1) is 14.8. The van der Waals surface area contributed by atoms with Crippen LogP contribution in [0.4, 0.5) is 0 Å². The maximum absolute atomic E-state index is 12.4. The van der Waals surface area contributed by atoms with Crippen LogP contribution >= 0.6 is 23.5 Å². The molecule has 0 radical (unpaired) electrons. The van der Waals surface area contributed by atoms with E-state index in [-0.39, 0.29) is 11.3 Å². The summed E-state index contributed by atoms with van der Waals surface area (Å²) in [5.41, 5.74) is 2.26. The fraction of sp³-hybridized carbons (Fsp3) is 0.571. The molecule has 172 valence electrons. The number of amides is 1. The lowest BCUT2D eigenvalue weighted by atomic mass is 9.87. The highest BCUT2D eigenvalue weighted by Gasteiger charge is 2.17. The molecule has 0 unspecified atom stereocenters. The molecule has 0 aliphatic rings. The maximum Gasteiger partial charge on any atom is 0.232 e. The molecule has 2 rings (SSSR count). The van der Waals surface area contributed by atoms with Gasteiger partial charge in [-0.05, 0) is 11.0 Å². The molecular weight excluding hydrogens is 434 g/mol. The third-order valence-electron chi connectivity index (χ3n) is 4.65. The van der Waals surface area contributed by atoms with Crippen molar-refractivity contribution in [1.82, 2.24) is 19.8 Å². The van der Waals surface area contributed by atoms with Crippen molar-refractivity contribution in [3.05, 3.63) is 29.8 Å². The van der Waals surface area contributed by atoms with Gasteiger partial charge in [0.25, 0.3) is 0 Å².